The monoisotopic (exact) mass is 1710 g/mol. The van der Waals surface area contributed by atoms with Gasteiger partial charge in [0.15, 0.2) is 11.6 Å². The van der Waals surface area contributed by atoms with Gasteiger partial charge in [0, 0.05) is 84.4 Å². The van der Waals surface area contributed by atoms with Gasteiger partial charge < -0.3 is 58.8 Å². The number of carboxylic acids is 2. The van der Waals surface area contributed by atoms with Crippen molar-refractivity contribution in [1.29, 1.82) is 0 Å². The van der Waals surface area contributed by atoms with Crippen molar-refractivity contribution in [2.24, 2.45) is 51.6 Å². The topological polar surface area (TPSA) is 261 Å². The standard InChI is InChI=1S/C27H25F4NO4.C26H23F4NO4.C17H11F4NO3.C9H15NO2.CH4.3CH3.H2O.Sn/c1-35-25(34)18-13-26(14-18)11-17(12-26)10-23(33)21-6-7-22(28)20-8-9-32(24(20)21)15-16-2-4-19(5-3-16)36-27(29,30)31;27-21-6-5-20(22(32)9-16-10-25(11-16)12-17(13-25)24(33)34)23-19(21)7-8-31(23)14-15-1-3-18(4-2-15)35-26(28,29)30;18-14-6-5-13(16(23)24)15-12(14)7-8-22(15)9-10-1-3-11(4-2-10)25-17(19,20)21;1-12-8(11)6-2-9(3-6)4-7(10)5-9;;;;;;/h2-9,17-18H,10-15H2,1H3;1-8,16-17H,9-14H2,(H,33,34);1-8H,9H2,(H,23,24);6-7H,2-5,10H2,1H3;1H4;3*1H3;1H2;. The molecule has 0 amide bonds. The Labute approximate surface area is 655 Å². The number of hydrogen-bond donors (Lipinski definition) is 3. The minimum absolute atomic E-state index is 0. The summed E-state index contributed by atoms with van der Waals surface area (Å²) in [5.41, 5.74) is 10.2. The van der Waals surface area contributed by atoms with Crippen LogP contribution in [0.5, 0.6) is 17.2 Å². The van der Waals surface area contributed by atoms with Gasteiger partial charge in [0.05, 0.1) is 54.1 Å². The molecule has 3 spiro atoms. The molecule has 18 nitrogen and oxygen atoms in total. The van der Waals surface area contributed by atoms with E-state index in [4.69, 9.17) is 15.6 Å². The third kappa shape index (κ3) is 21.5. The number of nitrogens with two attached hydrogens (primary N) is 1. The normalized spacial score (nSPS) is 22.2. The number of Topliss-reactive ketones (excluding diaryl/α,β-unsaturated/α-hetero) is 2. The van der Waals surface area contributed by atoms with Crippen LogP contribution >= 0.6 is 0 Å². The third-order valence-corrected chi connectivity index (χ3v) is 21.7. The Morgan fingerprint density at radius 2 is 0.702 bits per heavy atom. The van der Waals surface area contributed by atoms with Gasteiger partial charge in [-0.1, -0.05) is 43.8 Å². The number of carboxylic acid groups (broad SMARTS) is 2. The number of hydrogen-bond acceptors (Lipinski definition) is 12. The number of benzene rings is 6. The zero-order valence-corrected chi connectivity index (χ0v) is 65.0. The van der Waals surface area contributed by atoms with Crippen LogP contribution in [0.25, 0.3) is 32.7 Å². The number of rotatable bonds is 19. The zero-order chi connectivity index (χ0) is 81.2. The Balaban J connectivity index is 0.000000179. The fourth-order valence-electron chi connectivity index (χ4n) is 17.1. The fraction of sp³-hybridized carbons (Fsp3) is 0.422. The van der Waals surface area contributed by atoms with Gasteiger partial charge in [-0.3, -0.25) is 24.0 Å². The number of carbonyl (C=O) groups is 6. The van der Waals surface area contributed by atoms with Crippen LogP contribution in [0.1, 0.15) is 145 Å². The number of ketones is 2. The summed E-state index contributed by atoms with van der Waals surface area (Å²) >= 11 is -0.543. The molecule has 0 atom stereocenters. The second-order valence-corrected chi connectivity index (χ2v) is 39.5. The number of alkyl halides is 9. The van der Waals surface area contributed by atoms with E-state index in [-0.39, 0.29) is 130 Å². The fourth-order valence-corrected chi connectivity index (χ4v) is 17.1. The van der Waals surface area contributed by atoms with Crippen molar-refractivity contribution < 1.29 is 121 Å². The molecule has 613 valence electrons. The molecule has 6 saturated carbocycles. The molecule has 9 aromatic rings. The predicted molar refractivity (Wildman–Crippen MR) is 401 cm³/mol. The summed E-state index contributed by atoms with van der Waals surface area (Å²) in [5.74, 6) is -4.54. The average molecular weight is 1710 g/mol. The maximum absolute atomic E-state index is 14.5. The number of carbonyl (C=O) groups excluding carboxylic acids is 4. The van der Waals surface area contributed by atoms with Crippen molar-refractivity contribution in [3.05, 3.63) is 197 Å². The molecule has 6 N–H and O–H groups in total. The van der Waals surface area contributed by atoms with Crippen molar-refractivity contribution in [3.63, 3.8) is 0 Å². The molecule has 3 aromatic heterocycles. The number of nitrogens with zero attached hydrogens (tertiary/aromatic N) is 3. The van der Waals surface area contributed by atoms with Crippen molar-refractivity contribution in [2.75, 3.05) is 14.2 Å². The number of ether oxygens (including phenoxy) is 5. The maximum atomic E-state index is 14.5. The molecule has 0 bridgehead atoms. The van der Waals surface area contributed by atoms with Gasteiger partial charge in [-0.25, -0.2) is 18.0 Å². The molecule has 3 heterocycles. The predicted octanol–water partition coefficient (Wildman–Crippen LogP) is 18.8. The minimum atomic E-state index is -4.78. The Bertz CT molecular complexity index is 4900. The third-order valence-electron chi connectivity index (χ3n) is 21.7. The van der Waals surface area contributed by atoms with Gasteiger partial charge >= 0.3 is 77.5 Å². The molecule has 6 aliphatic rings. The van der Waals surface area contributed by atoms with Crippen LogP contribution in [0.3, 0.4) is 0 Å². The first kappa shape index (κ1) is 88.4. The number of aromatic carboxylic acids is 1. The number of methoxy groups -OCH3 is 2. The molecule has 0 saturated heterocycles. The quantitative estimate of drug-likeness (QED) is 0.0294. The summed E-state index contributed by atoms with van der Waals surface area (Å²) in [6, 6.07) is 28.9. The van der Waals surface area contributed by atoms with Gasteiger partial charge in [-0.05, 0) is 213 Å². The molecular weight excluding hydrogens is 1620 g/mol. The number of esters is 2. The molecule has 114 heavy (non-hydrogen) atoms. The Morgan fingerprint density at radius 3 is 0.965 bits per heavy atom. The van der Waals surface area contributed by atoms with Crippen molar-refractivity contribution >= 4 is 87.9 Å². The Hall–Kier alpha value is -9.56. The molecule has 6 fully saturated rings. The first-order valence-corrected chi connectivity index (χ1v) is 44.8. The van der Waals surface area contributed by atoms with Crippen LogP contribution < -0.4 is 19.9 Å². The van der Waals surface area contributed by atoms with E-state index >= 15 is 0 Å². The molecular formula is C83H89F12N4O14Sn. The van der Waals surface area contributed by atoms with E-state index in [1.807, 2.05) is 0 Å². The van der Waals surface area contributed by atoms with Crippen LogP contribution in [-0.2, 0) is 43.5 Å². The summed E-state index contributed by atoms with van der Waals surface area (Å²) in [6.07, 6.45) is 1.84. The molecule has 6 aromatic carbocycles. The van der Waals surface area contributed by atoms with Crippen LogP contribution in [0.15, 0.2) is 146 Å². The van der Waals surface area contributed by atoms with E-state index in [2.05, 4.69) is 33.8 Å². The van der Waals surface area contributed by atoms with Gasteiger partial charge in [0.2, 0.25) is 0 Å². The zero-order valence-electron chi connectivity index (χ0n) is 62.2. The SMILES string of the molecule is C.COC(=O)C1CC2(CC(CC(=O)c3ccc(F)c4ccn(Cc5ccc(OC(F)(F)F)cc5)c34)C2)C1.COC(=O)C1CC2(CC(N)C2)C1.O.O=C(CC1CC2(C1)CC(C(=O)O)C2)c1ccc(F)c2ccn(Cc3ccc(OC(F)(F)F)cc3)c12.O=C(O)c1ccc(F)c2ccn(Cc3ccc(OC(F)(F)F)cc3)c12.[CH3][Sn]([CH3])[CH3]. The number of halogens is 12. The van der Waals surface area contributed by atoms with Gasteiger partial charge in [-0.15, -0.1) is 39.5 Å². The molecule has 31 heteroatoms. The average Bonchev–Trinajstić information content (AvgIpc) is 1.06. The van der Waals surface area contributed by atoms with E-state index in [1.165, 1.54) is 122 Å². The Morgan fingerprint density at radius 1 is 0.430 bits per heavy atom. The summed E-state index contributed by atoms with van der Waals surface area (Å²) in [5, 5.41) is 19.2. The van der Waals surface area contributed by atoms with E-state index in [9.17, 15) is 86.6 Å². The first-order chi connectivity index (χ1) is 52.7. The van der Waals surface area contributed by atoms with Gasteiger partial charge in [0.1, 0.15) is 34.7 Å². The number of aromatic nitrogens is 3. The molecule has 1 radical (unpaired) electrons. The second kappa shape index (κ2) is 35.7. The number of fused-ring (bicyclic) bond motifs is 3. The molecule has 15 rings (SSSR count). The molecule has 0 aliphatic heterocycles. The summed E-state index contributed by atoms with van der Waals surface area (Å²) in [7, 11) is 2.85. The summed E-state index contributed by atoms with van der Waals surface area (Å²) in [4.78, 5) is 78.7. The summed E-state index contributed by atoms with van der Waals surface area (Å²) in [6.45, 7) is 0.656. The van der Waals surface area contributed by atoms with Crippen LogP contribution in [0, 0.1) is 63.3 Å². The van der Waals surface area contributed by atoms with Crippen LogP contribution in [0.2, 0.25) is 14.8 Å². The van der Waals surface area contributed by atoms with E-state index in [1.54, 1.807) is 33.7 Å². The van der Waals surface area contributed by atoms with Crippen molar-refractivity contribution in [3.8, 4) is 17.2 Å². The van der Waals surface area contributed by atoms with E-state index in [0.29, 0.717) is 86.8 Å². The van der Waals surface area contributed by atoms with Crippen molar-refractivity contribution in [1.82, 2.24) is 13.7 Å². The first-order valence-electron chi connectivity index (χ1n) is 36.3. The van der Waals surface area contributed by atoms with E-state index in [0.717, 1.165) is 82.4 Å². The Kier molecular flexibility index (Phi) is 27.7. The van der Waals surface area contributed by atoms with Crippen molar-refractivity contribution in [2.45, 2.75) is 157 Å². The van der Waals surface area contributed by atoms with Gasteiger partial charge in [-0.2, -0.15) is 0 Å². The molecule has 6 aliphatic carbocycles. The number of aliphatic carboxylic acids is 1. The summed E-state index contributed by atoms with van der Waals surface area (Å²) < 4.78 is 180. The molecule has 0 unspecified atom stereocenters. The van der Waals surface area contributed by atoms with E-state index < -0.39 is 68.2 Å². The van der Waals surface area contributed by atoms with Gasteiger partial charge in [0.25, 0.3) is 0 Å². The van der Waals surface area contributed by atoms with Crippen LogP contribution in [0.4, 0.5) is 52.7 Å². The van der Waals surface area contributed by atoms with Crippen LogP contribution in [-0.4, -0.2) is 124 Å². The second-order valence-electron chi connectivity index (χ2n) is 31.0.